The molecule has 5 heteroatoms. The first kappa shape index (κ1) is 14.4. The van der Waals surface area contributed by atoms with Crippen LogP contribution in [0, 0.1) is 6.92 Å². The molecule has 1 atom stereocenters. The van der Waals surface area contributed by atoms with Crippen molar-refractivity contribution in [1.82, 2.24) is 4.57 Å². The second-order valence-electron chi connectivity index (χ2n) is 4.97. The molecule has 0 aliphatic heterocycles. The van der Waals surface area contributed by atoms with Crippen molar-refractivity contribution in [2.45, 2.75) is 11.8 Å². The van der Waals surface area contributed by atoms with Crippen molar-refractivity contribution in [3.8, 4) is 0 Å². The summed E-state index contributed by atoms with van der Waals surface area (Å²) in [4.78, 5) is 11.5. The first-order chi connectivity index (χ1) is 9.99. The molecule has 3 rings (SSSR count). The largest absolute Gasteiger partial charge is 0.419 e. The molecule has 0 radical (unpaired) electrons. The van der Waals surface area contributed by atoms with E-state index in [2.05, 4.69) is 15.9 Å². The third kappa shape index (κ3) is 2.43. The van der Waals surface area contributed by atoms with E-state index in [9.17, 15) is 4.79 Å². The minimum atomic E-state index is -0.354. The number of hydrogen-bond acceptors (Lipinski definition) is 2. The molecule has 21 heavy (non-hydrogen) atoms. The Bertz CT molecular complexity index is 882. The number of fused-ring (bicyclic) bond motifs is 1. The zero-order valence-corrected chi connectivity index (χ0v) is 13.9. The average Bonchev–Trinajstić information content (AvgIpc) is 2.76. The van der Waals surface area contributed by atoms with Crippen molar-refractivity contribution in [2.75, 3.05) is 0 Å². The van der Waals surface area contributed by atoms with Crippen LogP contribution in [-0.4, -0.2) is 4.57 Å². The maximum Gasteiger partial charge on any atom is 0.419 e. The number of oxazole rings is 1. The van der Waals surface area contributed by atoms with Crippen molar-refractivity contribution in [1.29, 1.82) is 0 Å². The predicted octanol–water partition coefficient (Wildman–Crippen LogP) is 4.58. The SMILES string of the molecule is Cc1c(Cl)cccc1C(Br)c1ccc2c(c1)oc(=O)n2C. The van der Waals surface area contributed by atoms with Gasteiger partial charge in [0.25, 0.3) is 0 Å². The van der Waals surface area contributed by atoms with E-state index in [1.54, 1.807) is 7.05 Å². The van der Waals surface area contributed by atoms with Crippen LogP contribution in [0.3, 0.4) is 0 Å². The van der Waals surface area contributed by atoms with Crippen LogP contribution in [0.15, 0.2) is 45.6 Å². The van der Waals surface area contributed by atoms with Gasteiger partial charge in [-0.25, -0.2) is 4.79 Å². The summed E-state index contributed by atoms with van der Waals surface area (Å²) in [6.07, 6.45) is 0. The van der Waals surface area contributed by atoms with Gasteiger partial charge >= 0.3 is 5.76 Å². The van der Waals surface area contributed by atoms with Gasteiger partial charge < -0.3 is 4.42 Å². The topological polar surface area (TPSA) is 35.1 Å². The van der Waals surface area contributed by atoms with E-state index in [0.29, 0.717) is 5.58 Å². The molecule has 0 bridgehead atoms. The van der Waals surface area contributed by atoms with Crippen molar-refractivity contribution in [3.05, 3.63) is 68.7 Å². The van der Waals surface area contributed by atoms with Gasteiger partial charge in [-0.15, -0.1) is 0 Å². The van der Waals surface area contributed by atoms with Crippen molar-refractivity contribution >= 4 is 38.6 Å². The number of benzene rings is 2. The summed E-state index contributed by atoms with van der Waals surface area (Å²) in [5, 5.41) is 0.740. The highest BCUT2D eigenvalue weighted by molar-refractivity contribution is 9.09. The second-order valence-corrected chi connectivity index (χ2v) is 6.29. The van der Waals surface area contributed by atoms with Crippen LogP contribution in [-0.2, 0) is 7.05 Å². The zero-order chi connectivity index (χ0) is 15.1. The van der Waals surface area contributed by atoms with E-state index in [1.807, 2.05) is 43.3 Å². The summed E-state index contributed by atoms with van der Waals surface area (Å²) in [5.74, 6) is -0.354. The monoisotopic (exact) mass is 365 g/mol. The second kappa shape index (κ2) is 5.35. The molecule has 0 amide bonds. The van der Waals surface area contributed by atoms with Gasteiger partial charge in [-0.3, -0.25) is 4.57 Å². The Morgan fingerprint density at radius 1 is 1.29 bits per heavy atom. The fraction of sp³-hybridized carbons (Fsp3) is 0.188. The van der Waals surface area contributed by atoms with Gasteiger partial charge in [0.1, 0.15) is 0 Å². The molecule has 108 valence electrons. The van der Waals surface area contributed by atoms with Crippen LogP contribution in [0.2, 0.25) is 5.02 Å². The van der Waals surface area contributed by atoms with Crippen LogP contribution in [0.4, 0.5) is 0 Å². The van der Waals surface area contributed by atoms with E-state index in [0.717, 1.165) is 27.2 Å². The maximum absolute atomic E-state index is 11.6. The summed E-state index contributed by atoms with van der Waals surface area (Å²) in [6, 6.07) is 11.6. The van der Waals surface area contributed by atoms with Gasteiger partial charge in [0.15, 0.2) is 5.58 Å². The Morgan fingerprint density at radius 3 is 2.81 bits per heavy atom. The third-order valence-corrected chi connectivity index (χ3v) is 5.12. The van der Waals surface area contributed by atoms with Crippen molar-refractivity contribution in [2.24, 2.45) is 7.05 Å². The molecule has 1 unspecified atom stereocenters. The average molecular weight is 367 g/mol. The highest BCUT2D eigenvalue weighted by atomic mass is 79.9. The Hall–Kier alpha value is -1.52. The van der Waals surface area contributed by atoms with Crippen molar-refractivity contribution in [3.63, 3.8) is 0 Å². The smallest absolute Gasteiger partial charge is 0.408 e. The predicted molar refractivity (Wildman–Crippen MR) is 88.4 cm³/mol. The number of rotatable bonds is 2. The van der Waals surface area contributed by atoms with Crippen molar-refractivity contribution < 1.29 is 4.42 Å². The van der Waals surface area contributed by atoms with Gasteiger partial charge in [-0.2, -0.15) is 0 Å². The van der Waals surface area contributed by atoms with E-state index in [4.69, 9.17) is 16.0 Å². The third-order valence-electron chi connectivity index (χ3n) is 3.69. The standard InChI is InChI=1S/C16H13BrClNO2/c1-9-11(4-3-5-12(9)18)15(17)10-6-7-13-14(8-10)21-16(20)19(13)2/h3-8,15H,1-2H3. The highest BCUT2D eigenvalue weighted by Gasteiger charge is 2.16. The van der Waals surface area contributed by atoms with E-state index in [-0.39, 0.29) is 10.6 Å². The molecule has 0 aliphatic carbocycles. The lowest BCUT2D eigenvalue weighted by atomic mass is 10.0. The maximum atomic E-state index is 11.6. The highest BCUT2D eigenvalue weighted by Crippen LogP contribution is 2.36. The molecule has 3 nitrogen and oxygen atoms in total. The molecule has 1 aromatic heterocycles. The van der Waals surface area contributed by atoms with Crippen LogP contribution >= 0.6 is 27.5 Å². The van der Waals surface area contributed by atoms with Crippen LogP contribution in [0.5, 0.6) is 0 Å². The molecule has 0 aliphatic rings. The fourth-order valence-electron chi connectivity index (χ4n) is 2.39. The lowest BCUT2D eigenvalue weighted by Gasteiger charge is -2.14. The zero-order valence-electron chi connectivity index (χ0n) is 11.6. The minimum absolute atomic E-state index is 0.00823. The summed E-state index contributed by atoms with van der Waals surface area (Å²) in [5.41, 5.74) is 4.52. The Balaban J connectivity index is 2.11. The minimum Gasteiger partial charge on any atom is -0.408 e. The summed E-state index contributed by atoms with van der Waals surface area (Å²) in [7, 11) is 1.70. The van der Waals surface area contributed by atoms with Crippen LogP contribution in [0.25, 0.3) is 11.1 Å². The van der Waals surface area contributed by atoms with Crippen LogP contribution in [0.1, 0.15) is 21.5 Å². The van der Waals surface area contributed by atoms with Gasteiger partial charge in [0, 0.05) is 12.1 Å². The lowest BCUT2D eigenvalue weighted by molar-refractivity contribution is 0.528. The molecular formula is C16H13BrClNO2. The van der Waals surface area contributed by atoms with E-state index < -0.39 is 0 Å². The molecule has 3 aromatic rings. The Labute approximate surface area is 135 Å². The number of halogens is 2. The van der Waals surface area contributed by atoms with E-state index >= 15 is 0 Å². The molecule has 0 spiro atoms. The summed E-state index contributed by atoms with van der Waals surface area (Å²) in [6.45, 7) is 1.99. The summed E-state index contributed by atoms with van der Waals surface area (Å²) < 4.78 is 6.73. The molecule has 0 N–H and O–H groups in total. The Morgan fingerprint density at radius 2 is 2.05 bits per heavy atom. The number of aromatic nitrogens is 1. The molecule has 0 fully saturated rings. The molecule has 1 heterocycles. The quantitative estimate of drug-likeness (QED) is 0.622. The van der Waals surface area contributed by atoms with E-state index in [1.165, 1.54) is 4.57 Å². The molecular weight excluding hydrogens is 354 g/mol. The van der Waals surface area contributed by atoms with Gasteiger partial charge in [0.05, 0.1) is 10.3 Å². The lowest BCUT2D eigenvalue weighted by Crippen LogP contribution is -2.08. The molecule has 0 saturated carbocycles. The normalized spacial score (nSPS) is 12.8. The fourth-order valence-corrected chi connectivity index (χ4v) is 3.35. The van der Waals surface area contributed by atoms with Gasteiger partial charge in [-0.05, 0) is 41.8 Å². The van der Waals surface area contributed by atoms with Gasteiger partial charge in [0.2, 0.25) is 0 Å². The molecule has 0 saturated heterocycles. The van der Waals surface area contributed by atoms with Gasteiger partial charge in [-0.1, -0.05) is 45.7 Å². The number of hydrogen-bond donors (Lipinski definition) is 0. The number of alkyl halides is 1. The first-order valence-electron chi connectivity index (χ1n) is 6.47. The Kier molecular flexibility index (Phi) is 3.68. The van der Waals surface area contributed by atoms with Crippen LogP contribution < -0.4 is 5.76 Å². The number of nitrogens with zero attached hydrogens (tertiary/aromatic N) is 1. The number of aryl methyl sites for hydroxylation is 1. The first-order valence-corrected chi connectivity index (χ1v) is 7.77. The molecule has 2 aromatic carbocycles. The summed E-state index contributed by atoms with van der Waals surface area (Å²) >= 11 is 9.89.